The molecule has 0 fully saturated rings. The third-order valence-corrected chi connectivity index (χ3v) is 7.91. The molecule has 5 heterocycles. The molecule has 9 rings (SSSR count). The van der Waals surface area contributed by atoms with E-state index in [0.717, 1.165) is 22.2 Å². The molecule has 0 aliphatic carbocycles. The molecule has 0 atom stereocenters. The van der Waals surface area contributed by atoms with Crippen LogP contribution in [0.5, 0.6) is 23.0 Å². The van der Waals surface area contributed by atoms with E-state index < -0.39 is 0 Å². The molecule has 0 unspecified atom stereocenters. The Bertz CT molecular complexity index is 2140. The van der Waals surface area contributed by atoms with Gasteiger partial charge in [0.1, 0.15) is 23.0 Å². The number of phenols is 4. The van der Waals surface area contributed by atoms with Crippen molar-refractivity contribution in [2.45, 2.75) is 13.8 Å². The second-order valence-corrected chi connectivity index (χ2v) is 12.4. The highest BCUT2D eigenvalue weighted by atomic mass is 16.3. The lowest BCUT2D eigenvalue weighted by Gasteiger charge is -1.99. The van der Waals surface area contributed by atoms with Crippen molar-refractivity contribution in [3.63, 3.8) is 0 Å². The normalized spacial score (nSPS) is 9.89. The SMILES string of the molecule is Cc1cc(O)cc(O)c1.Cc1cc(O)cc(O)c1.c1cc(-c2ccncc2)ccn1.c1cc(-c2ccncc2)ccn1.c1ccc2nc3ccccc3cc2c1. The van der Waals surface area contributed by atoms with Gasteiger partial charge in [-0.15, -0.1) is 0 Å². The van der Waals surface area contributed by atoms with E-state index in [1.165, 1.54) is 45.2 Å². The molecule has 9 heteroatoms. The highest BCUT2D eigenvalue weighted by Crippen LogP contribution is 2.21. The molecular formula is C47H41N5O4. The number of para-hydroxylation sites is 2. The van der Waals surface area contributed by atoms with Gasteiger partial charge in [-0.3, -0.25) is 19.9 Å². The van der Waals surface area contributed by atoms with E-state index in [2.05, 4.69) is 43.1 Å². The standard InChI is InChI=1S/C13H9N.2C10H8N2.2C7H8O2/c1-3-7-12-10(5-1)9-11-6-2-4-8-13(11)14-12;2*1-5-11-6-2-9(1)10-3-7-12-8-4-10;2*1-5-2-6(8)4-7(9)3-5/h1-9H;2*1-8H;2*2-4,8-9H,1H3. The average molecular weight is 740 g/mol. The summed E-state index contributed by atoms with van der Waals surface area (Å²) in [7, 11) is 0. The first-order valence-electron chi connectivity index (χ1n) is 17.6. The Kier molecular flexibility index (Phi) is 14.5. The number of nitrogens with zero attached hydrogens (tertiary/aromatic N) is 5. The van der Waals surface area contributed by atoms with E-state index in [9.17, 15) is 0 Å². The molecule has 0 saturated carbocycles. The smallest absolute Gasteiger partial charge is 0.119 e. The van der Waals surface area contributed by atoms with Crippen LogP contribution >= 0.6 is 0 Å². The van der Waals surface area contributed by atoms with Crippen LogP contribution in [-0.2, 0) is 0 Å². The maximum atomic E-state index is 8.83. The van der Waals surface area contributed by atoms with Gasteiger partial charge in [-0.1, -0.05) is 36.4 Å². The quantitative estimate of drug-likeness (QED) is 0.127. The molecule has 4 aromatic carbocycles. The second kappa shape index (κ2) is 20.6. The first-order valence-corrected chi connectivity index (χ1v) is 17.6. The van der Waals surface area contributed by atoms with Crippen LogP contribution in [0.2, 0.25) is 0 Å². The van der Waals surface area contributed by atoms with Gasteiger partial charge < -0.3 is 20.4 Å². The summed E-state index contributed by atoms with van der Waals surface area (Å²) in [5.74, 6) is 0.417. The number of benzene rings is 4. The van der Waals surface area contributed by atoms with Crippen LogP contribution in [-0.4, -0.2) is 45.3 Å². The van der Waals surface area contributed by atoms with E-state index in [1.807, 2.05) is 84.9 Å². The number of aryl methyl sites for hydroxylation is 2. The number of fused-ring (bicyclic) bond motifs is 2. The predicted molar refractivity (Wildman–Crippen MR) is 223 cm³/mol. The molecule has 278 valence electrons. The average Bonchev–Trinajstić information content (AvgIpc) is 3.21. The van der Waals surface area contributed by atoms with E-state index in [1.54, 1.807) is 87.7 Å². The molecule has 9 aromatic rings. The van der Waals surface area contributed by atoms with E-state index in [-0.39, 0.29) is 23.0 Å². The minimum Gasteiger partial charge on any atom is -0.508 e. The largest absolute Gasteiger partial charge is 0.508 e. The van der Waals surface area contributed by atoms with Gasteiger partial charge in [0, 0.05) is 72.5 Å². The third-order valence-electron chi connectivity index (χ3n) is 7.91. The van der Waals surface area contributed by atoms with Gasteiger partial charge in [0.05, 0.1) is 11.0 Å². The molecule has 9 nitrogen and oxygen atoms in total. The Labute approximate surface area is 325 Å². The van der Waals surface area contributed by atoms with Crippen molar-refractivity contribution < 1.29 is 20.4 Å². The van der Waals surface area contributed by atoms with Gasteiger partial charge >= 0.3 is 0 Å². The molecule has 0 amide bonds. The number of hydrogen-bond acceptors (Lipinski definition) is 9. The van der Waals surface area contributed by atoms with Gasteiger partial charge in [0.15, 0.2) is 0 Å². The van der Waals surface area contributed by atoms with Gasteiger partial charge in [-0.2, -0.15) is 0 Å². The van der Waals surface area contributed by atoms with Crippen LogP contribution < -0.4 is 0 Å². The van der Waals surface area contributed by atoms with Crippen LogP contribution in [0.3, 0.4) is 0 Å². The molecule has 4 N–H and O–H groups in total. The molecule has 0 spiro atoms. The molecule has 0 radical (unpaired) electrons. The third kappa shape index (κ3) is 12.8. The van der Waals surface area contributed by atoms with Crippen molar-refractivity contribution in [2.24, 2.45) is 0 Å². The maximum Gasteiger partial charge on any atom is 0.119 e. The predicted octanol–water partition coefficient (Wildman–Crippen LogP) is 10.5. The van der Waals surface area contributed by atoms with E-state index in [0.29, 0.717) is 0 Å². The lowest BCUT2D eigenvalue weighted by molar-refractivity contribution is 0.448. The zero-order chi connectivity index (χ0) is 39.5. The van der Waals surface area contributed by atoms with Gasteiger partial charge in [-0.05, 0) is 138 Å². The second-order valence-electron chi connectivity index (χ2n) is 12.4. The summed E-state index contributed by atoms with van der Waals surface area (Å²) in [5, 5.41) is 37.7. The number of pyridine rings is 5. The topological polar surface area (TPSA) is 145 Å². The fraction of sp³-hybridized carbons (Fsp3) is 0.0426. The van der Waals surface area contributed by atoms with E-state index >= 15 is 0 Å². The number of hydrogen-bond donors (Lipinski definition) is 4. The zero-order valence-electron chi connectivity index (χ0n) is 30.9. The van der Waals surface area contributed by atoms with Crippen LogP contribution in [0, 0.1) is 13.8 Å². The highest BCUT2D eigenvalue weighted by Gasteiger charge is 1.98. The number of phenolic OH excluding ortho intramolecular Hbond substituents is 4. The summed E-state index contributed by atoms with van der Waals surface area (Å²) < 4.78 is 0. The molecule has 0 bridgehead atoms. The minimum absolute atomic E-state index is 0.104. The van der Waals surface area contributed by atoms with Crippen LogP contribution in [0.4, 0.5) is 0 Å². The van der Waals surface area contributed by atoms with Crippen molar-refractivity contribution in [3.05, 3.63) is 200 Å². The summed E-state index contributed by atoms with van der Waals surface area (Å²) in [6.07, 6.45) is 14.3. The summed E-state index contributed by atoms with van der Waals surface area (Å²) in [5.41, 5.74) is 8.52. The van der Waals surface area contributed by atoms with Crippen molar-refractivity contribution in [1.29, 1.82) is 0 Å². The molecule has 56 heavy (non-hydrogen) atoms. The van der Waals surface area contributed by atoms with Crippen LogP contribution in [0.25, 0.3) is 44.1 Å². The lowest BCUT2D eigenvalue weighted by Crippen LogP contribution is -1.80. The number of rotatable bonds is 2. The number of aromatic hydroxyl groups is 4. The summed E-state index contributed by atoms with van der Waals surface area (Å²) in [6.45, 7) is 3.61. The molecule has 5 aromatic heterocycles. The maximum absolute atomic E-state index is 8.83. The van der Waals surface area contributed by atoms with Gasteiger partial charge in [-0.25, -0.2) is 4.98 Å². The Morgan fingerprint density at radius 2 is 0.589 bits per heavy atom. The molecular weight excluding hydrogens is 699 g/mol. The summed E-state index contributed by atoms with van der Waals surface area (Å²) >= 11 is 0. The van der Waals surface area contributed by atoms with Crippen molar-refractivity contribution in [3.8, 4) is 45.3 Å². The Morgan fingerprint density at radius 1 is 0.321 bits per heavy atom. The Balaban J connectivity index is 0.000000135. The Morgan fingerprint density at radius 3 is 0.857 bits per heavy atom. The monoisotopic (exact) mass is 739 g/mol. The molecule has 0 saturated heterocycles. The Hall–Kier alpha value is -7.65. The van der Waals surface area contributed by atoms with Crippen molar-refractivity contribution >= 4 is 21.8 Å². The summed E-state index contributed by atoms with van der Waals surface area (Å²) in [4.78, 5) is 20.4. The summed E-state index contributed by atoms with van der Waals surface area (Å²) in [6, 6.07) is 43.3. The van der Waals surface area contributed by atoms with Crippen molar-refractivity contribution in [1.82, 2.24) is 24.9 Å². The fourth-order valence-electron chi connectivity index (χ4n) is 5.38. The molecule has 0 aliphatic rings. The lowest BCUT2D eigenvalue weighted by atomic mass is 10.1. The van der Waals surface area contributed by atoms with Gasteiger partial charge in [0.25, 0.3) is 0 Å². The zero-order valence-corrected chi connectivity index (χ0v) is 30.9. The van der Waals surface area contributed by atoms with E-state index in [4.69, 9.17) is 20.4 Å². The highest BCUT2D eigenvalue weighted by molar-refractivity contribution is 5.92. The van der Waals surface area contributed by atoms with Crippen LogP contribution in [0.15, 0.2) is 189 Å². The minimum atomic E-state index is 0.104. The van der Waals surface area contributed by atoms with Crippen LogP contribution in [0.1, 0.15) is 11.1 Å². The first kappa shape index (κ1) is 39.6. The fourth-order valence-corrected chi connectivity index (χ4v) is 5.38. The first-order chi connectivity index (χ1) is 27.2. The number of aromatic nitrogens is 5. The van der Waals surface area contributed by atoms with Crippen molar-refractivity contribution in [2.75, 3.05) is 0 Å². The van der Waals surface area contributed by atoms with Gasteiger partial charge in [0.2, 0.25) is 0 Å². The molecule has 0 aliphatic heterocycles.